The highest BCUT2D eigenvalue weighted by molar-refractivity contribution is 5.89. The molecule has 3 atom stereocenters. The van der Waals surface area contributed by atoms with E-state index in [4.69, 9.17) is 9.47 Å². The molecule has 2 heterocycles. The van der Waals surface area contributed by atoms with Crippen molar-refractivity contribution in [2.45, 2.75) is 45.2 Å². The van der Waals surface area contributed by atoms with Gasteiger partial charge in [0.25, 0.3) is 5.56 Å². The maximum Gasteiger partial charge on any atom is 0.338 e. The minimum absolute atomic E-state index is 0.0921. The van der Waals surface area contributed by atoms with Crippen LogP contribution in [0.3, 0.4) is 0 Å². The highest BCUT2D eigenvalue weighted by atomic mass is 16.5. The molecule has 9 nitrogen and oxygen atoms in total. The summed E-state index contributed by atoms with van der Waals surface area (Å²) in [5.41, 5.74) is 0.534. The Morgan fingerprint density at radius 3 is 2.34 bits per heavy atom. The van der Waals surface area contributed by atoms with E-state index in [1.54, 1.807) is 37.3 Å². The lowest BCUT2D eigenvalue weighted by Gasteiger charge is -2.30. The second kappa shape index (κ2) is 10.5. The van der Waals surface area contributed by atoms with Crippen LogP contribution in [-0.2, 0) is 20.9 Å². The number of benzene rings is 2. The van der Waals surface area contributed by atoms with E-state index in [1.807, 2.05) is 30.3 Å². The fourth-order valence-electron chi connectivity index (χ4n) is 4.34. The van der Waals surface area contributed by atoms with Gasteiger partial charge in [-0.2, -0.15) is 0 Å². The molecule has 35 heavy (non-hydrogen) atoms. The Kier molecular flexibility index (Phi) is 7.26. The van der Waals surface area contributed by atoms with Gasteiger partial charge >= 0.3 is 11.7 Å². The summed E-state index contributed by atoms with van der Waals surface area (Å²) in [7, 11) is 0. The number of aryl methyl sites for hydroxylation is 1. The standard InChI is InChI=1S/C26H27N3O6/c1-17-14-28(26(33)27-24(17)31)23-13-22(35-25(32)20-11-7-4-8-12-20)21(29(23)18(2)30)16-34-15-19-9-5-3-6-10-19/h3-12,14,21-23H,13,15-16H2,1-2H3,(H,27,31,33)/t21-,22+,23?/m1/s1. The lowest BCUT2D eigenvalue weighted by atomic mass is 10.1. The minimum Gasteiger partial charge on any atom is -0.456 e. The molecule has 1 saturated heterocycles. The second-order valence-electron chi connectivity index (χ2n) is 8.50. The third-order valence-electron chi connectivity index (χ3n) is 6.05. The van der Waals surface area contributed by atoms with Crippen LogP contribution in [0.1, 0.15) is 41.0 Å². The van der Waals surface area contributed by atoms with Crippen molar-refractivity contribution < 1.29 is 19.1 Å². The van der Waals surface area contributed by atoms with Crippen molar-refractivity contribution in [3.8, 4) is 0 Å². The van der Waals surface area contributed by atoms with Gasteiger partial charge in [0.15, 0.2) is 0 Å². The van der Waals surface area contributed by atoms with Gasteiger partial charge in [-0.15, -0.1) is 0 Å². The van der Waals surface area contributed by atoms with Gasteiger partial charge in [0.2, 0.25) is 5.91 Å². The van der Waals surface area contributed by atoms with Gasteiger partial charge in [0, 0.05) is 25.1 Å². The van der Waals surface area contributed by atoms with Crippen molar-refractivity contribution in [2.75, 3.05) is 6.61 Å². The van der Waals surface area contributed by atoms with Gasteiger partial charge in [-0.3, -0.25) is 19.1 Å². The number of nitrogens with zero attached hydrogens (tertiary/aromatic N) is 2. The number of aromatic nitrogens is 2. The summed E-state index contributed by atoms with van der Waals surface area (Å²) in [5.74, 6) is -0.838. The smallest absolute Gasteiger partial charge is 0.338 e. The maximum atomic E-state index is 12.8. The number of H-pyrrole nitrogens is 1. The van der Waals surface area contributed by atoms with Crippen LogP contribution in [-0.4, -0.2) is 45.1 Å². The number of aromatic amines is 1. The summed E-state index contributed by atoms with van der Waals surface area (Å²) in [6, 6.07) is 17.5. The van der Waals surface area contributed by atoms with Crippen LogP contribution in [0.25, 0.3) is 0 Å². The van der Waals surface area contributed by atoms with E-state index in [0.717, 1.165) is 5.56 Å². The topological polar surface area (TPSA) is 111 Å². The van der Waals surface area contributed by atoms with Crippen molar-refractivity contribution in [3.05, 3.63) is 104 Å². The second-order valence-corrected chi connectivity index (χ2v) is 8.50. The van der Waals surface area contributed by atoms with Gasteiger partial charge < -0.3 is 14.4 Å². The van der Waals surface area contributed by atoms with Crippen LogP contribution in [0.5, 0.6) is 0 Å². The Bertz CT molecular complexity index is 1300. The van der Waals surface area contributed by atoms with Gasteiger partial charge in [0.1, 0.15) is 12.3 Å². The summed E-state index contributed by atoms with van der Waals surface area (Å²) in [4.78, 5) is 53.9. The number of esters is 1. The third-order valence-corrected chi connectivity index (χ3v) is 6.05. The number of hydrogen-bond acceptors (Lipinski definition) is 6. The number of amides is 1. The Labute approximate surface area is 201 Å². The van der Waals surface area contributed by atoms with Crippen molar-refractivity contribution in [1.29, 1.82) is 0 Å². The lowest BCUT2D eigenvalue weighted by Crippen LogP contribution is -2.46. The zero-order valence-electron chi connectivity index (χ0n) is 19.5. The molecule has 0 radical (unpaired) electrons. The Morgan fingerprint density at radius 1 is 1.03 bits per heavy atom. The molecular formula is C26H27N3O6. The first-order valence-electron chi connectivity index (χ1n) is 11.3. The molecule has 1 aliphatic rings. The van der Waals surface area contributed by atoms with E-state index in [0.29, 0.717) is 17.7 Å². The van der Waals surface area contributed by atoms with E-state index in [-0.39, 0.29) is 18.9 Å². The molecule has 1 aliphatic heterocycles. The molecule has 1 amide bonds. The predicted octanol–water partition coefficient (Wildman–Crippen LogP) is 2.41. The van der Waals surface area contributed by atoms with Crippen LogP contribution in [0, 0.1) is 6.92 Å². The fraction of sp³-hybridized carbons (Fsp3) is 0.308. The van der Waals surface area contributed by atoms with Crippen molar-refractivity contribution in [1.82, 2.24) is 14.5 Å². The summed E-state index contributed by atoms with van der Waals surface area (Å²) in [5, 5.41) is 0. The molecule has 9 heteroatoms. The number of likely N-dealkylation sites (tertiary alicyclic amines) is 1. The first-order valence-corrected chi connectivity index (χ1v) is 11.3. The SMILES string of the molecule is CC(=O)N1C(n2cc(C)c(=O)[nH]c2=O)C[C@H](OC(=O)c2ccccc2)[C@H]1COCc1ccccc1. The first kappa shape index (κ1) is 24.2. The fourth-order valence-corrected chi connectivity index (χ4v) is 4.34. The van der Waals surface area contributed by atoms with Crippen LogP contribution in [0.2, 0.25) is 0 Å². The van der Waals surface area contributed by atoms with Crippen LogP contribution < -0.4 is 11.2 Å². The summed E-state index contributed by atoms with van der Waals surface area (Å²) >= 11 is 0. The van der Waals surface area contributed by atoms with Gasteiger partial charge in [0.05, 0.1) is 24.8 Å². The van der Waals surface area contributed by atoms with Crippen LogP contribution in [0.15, 0.2) is 76.4 Å². The van der Waals surface area contributed by atoms with E-state index in [9.17, 15) is 19.2 Å². The van der Waals surface area contributed by atoms with Crippen molar-refractivity contribution >= 4 is 11.9 Å². The lowest BCUT2D eigenvalue weighted by molar-refractivity contribution is -0.136. The molecule has 0 aliphatic carbocycles. The Morgan fingerprint density at radius 2 is 1.69 bits per heavy atom. The Balaban J connectivity index is 1.64. The third kappa shape index (κ3) is 5.41. The molecule has 0 saturated carbocycles. The monoisotopic (exact) mass is 477 g/mol. The van der Waals surface area contributed by atoms with Gasteiger partial charge in [-0.1, -0.05) is 48.5 Å². The van der Waals surface area contributed by atoms with Crippen LogP contribution >= 0.6 is 0 Å². The molecule has 4 rings (SSSR count). The van der Waals surface area contributed by atoms with Gasteiger partial charge in [-0.25, -0.2) is 9.59 Å². The minimum atomic E-state index is -0.755. The molecule has 2 aromatic carbocycles. The van der Waals surface area contributed by atoms with E-state index in [2.05, 4.69) is 4.98 Å². The molecule has 3 aromatic rings. The zero-order chi connectivity index (χ0) is 24.9. The molecule has 1 aromatic heterocycles. The Hall–Kier alpha value is -3.98. The maximum absolute atomic E-state index is 12.8. The average Bonchev–Trinajstić information content (AvgIpc) is 3.20. The van der Waals surface area contributed by atoms with E-state index < -0.39 is 35.5 Å². The average molecular weight is 478 g/mol. The van der Waals surface area contributed by atoms with E-state index >= 15 is 0 Å². The normalized spacial score (nSPS) is 19.5. The number of ether oxygens (including phenoxy) is 2. The molecule has 0 bridgehead atoms. The van der Waals surface area contributed by atoms with Gasteiger partial charge in [-0.05, 0) is 24.6 Å². The highest BCUT2D eigenvalue weighted by Gasteiger charge is 2.46. The molecule has 182 valence electrons. The zero-order valence-corrected chi connectivity index (χ0v) is 19.5. The summed E-state index contributed by atoms with van der Waals surface area (Å²) in [6.45, 7) is 3.37. The molecule has 1 fully saturated rings. The van der Waals surface area contributed by atoms with Crippen molar-refractivity contribution in [3.63, 3.8) is 0 Å². The number of carbonyl (C=O) groups is 2. The quantitative estimate of drug-likeness (QED) is 0.523. The number of carbonyl (C=O) groups excluding carboxylic acids is 2. The highest BCUT2D eigenvalue weighted by Crippen LogP contribution is 2.34. The first-order chi connectivity index (χ1) is 16.8. The number of hydrogen-bond donors (Lipinski definition) is 1. The van der Waals surface area contributed by atoms with Crippen molar-refractivity contribution in [2.24, 2.45) is 0 Å². The summed E-state index contributed by atoms with van der Waals surface area (Å²) < 4.78 is 13.1. The molecule has 0 spiro atoms. The van der Waals surface area contributed by atoms with Crippen LogP contribution in [0.4, 0.5) is 0 Å². The number of nitrogens with one attached hydrogen (secondary N) is 1. The summed E-state index contributed by atoms with van der Waals surface area (Å²) in [6.07, 6.45) is 0.106. The van der Waals surface area contributed by atoms with E-state index in [1.165, 1.54) is 22.6 Å². The molecule has 1 unspecified atom stereocenters. The number of rotatable bonds is 7. The largest absolute Gasteiger partial charge is 0.456 e. The molecular weight excluding hydrogens is 450 g/mol. The predicted molar refractivity (Wildman–Crippen MR) is 128 cm³/mol. The molecule has 1 N–H and O–H groups in total.